The van der Waals surface area contributed by atoms with Gasteiger partial charge in [-0.25, -0.2) is 0 Å². The second-order valence-corrected chi connectivity index (χ2v) is 9.52. The quantitative estimate of drug-likeness (QED) is 0.387. The van der Waals surface area contributed by atoms with Crippen LogP contribution in [0.3, 0.4) is 0 Å². The molecule has 2 heterocycles. The highest BCUT2D eigenvalue weighted by Gasteiger charge is 2.33. The van der Waals surface area contributed by atoms with Crippen molar-refractivity contribution >= 4 is 23.4 Å². The number of anilines is 1. The zero-order valence-electron chi connectivity index (χ0n) is 21.9. The minimum Gasteiger partial charge on any atom is -0.459 e. The lowest BCUT2D eigenvalue weighted by atomic mass is 9.97. The Morgan fingerprint density at radius 2 is 1.74 bits per heavy atom. The van der Waals surface area contributed by atoms with Crippen LogP contribution in [-0.2, 0) is 14.3 Å². The summed E-state index contributed by atoms with van der Waals surface area (Å²) in [5, 5.41) is 5.61. The maximum Gasteiger partial charge on any atom is 0.287 e. The molecule has 3 amide bonds. The fraction of sp³-hybridized carbons (Fsp3) is 0.367. The molecule has 0 unspecified atom stereocenters. The summed E-state index contributed by atoms with van der Waals surface area (Å²) in [5.41, 5.74) is 2.37. The summed E-state index contributed by atoms with van der Waals surface area (Å²) in [7, 11) is 0. The van der Waals surface area contributed by atoms with Gasteiger partial charge in [0.15, 0.2) is 5.76 Å². The van der Waals surface area contributed by atoms with E-state index in [4.69, 9.17) is 9.15 Å². The van der Waals surface area contributed by atoms with E-state index in [1.54, 1.807) is 6.07 Å². The van der Waals surface area contributed by atoms with E-state index >= 15 is 0 Å². The highest BCUT2D eigenvalue weighted by atomic mass is 16.5. The molecular formula is C30H35N3O5. The highest BCUT2D eigenvalue weighted by Crippen LogP contribution is 2.30. The van der Waals surface area contributed by atoms with E-state index in [1.807, 2.05) is 54.6 Å². The van der Waals surface area contributed by atoms with Crippen LogP contribution < -0.4 is 15.5 Å². The Balaban J connectivity index is 1.65. The number of carbonyl (C=O) groups is 3. The van der Waals surface area contributed by atoms with E-state index in [2.05, 4.69) is 24.5 Å². The van der Waals surface area contributed by atoms with Gasteiger partial charge < -0.3 is 19.8 Å². The first-order valence-electron chi connectivity index (χ1n) is 13.2. The van der Waals surface area contributed by atoms with Crippen molar-refractivity contribution in [3.63, 3.8) is 0 Å². The van der Waals surface area contributed by atoms with Crippen molar-refractivity contribution in [1.82, 2.24) is 10.6 Å². The number of amides is 3. The van der Waals surface area contributed by atoms with E-state index in [0.717, 1.165) is 24.8 Å². The van der Waals surface area contributed by atoms with Crippen molar-refractivity contribution in [2.24, 2.45) is 0 Å². The maximum absolute atomic E-state index is 13.7. The van der Waals surface area contributed by atoms with E-state index in [-0.39, 0.29) is 24.3 Å². The van der Waals surface area contributed by atoms with Gasteiger partial charge in [-0.05, 0) is 60.6 Å². The van der Waals surface area contributed by atoms with Gasteiger partial charge in [-0.3, -0.25) is 19.3 Å². The normalized spacial score (nSPS) is 16.4. The fourth-order valence-corrected chi connectivity index (χ4v) is 4.54. The summed E-state index contributed by atoms with van der Waals surface area (Å²) < 4.78 is 10.8. The van der Waals surface area contributed by atoms with Crippen LogP contribution >= 0.6 is 0 Å². The van der Waals surface area contributed by atoms with Gasteiger partial charge in [-0.1, -0.05) is 56.3 Å². The number of furan rings is 1. The number of ether oxygens (including phenoxy) is 1. The molecule has 1 aromatic heterocycles. The third-order valence-corrected chi connectivity index (χ3v) is 6.92. The zero-order chi connectivity index (χ0) is 26.9. The Morgan fingerprint density at radius 3 is 2.37 bits per heavy atom. The Labute approximate surface area is 223 Å². The summed E-state index contributed by atoms with van der Waals surface area (Å²) in [6.07, 6.45) is 4.19. The second-order valence-electron chi connectivity index (χ2n) is 9.52. The number of hydrogen-bond acceptors (Lipinski definition) is 5. The molecule has 0 bridgehead atoms. The third kappa shape index (κ3) is 6.69. The predicted molar refractivity (Wildman–Crippen MR) is 145 cm³/mol. The lowest BCUT2D eigenvalue weighted by Crippen LogP contribution is -2.48. The van der Waals surface area contributed by atoms with Crippen LogP contribution in [0, 0.1) is 0 Å². The molecule has 3 aromatic rings. The van der Waals surface area contributed by atoms with Gasteiger partial charge in [-0.15, -0.1) is 0 Å². The fourth-order valence-electron chi connectivity index (χ4n) is 4.54. The molecule has 200 valence electrons. The molecule has 1 saturated heterocycles. The molecule has 0 radical (unpaired) electrons. The van der Waals surface area contributed by atoms with Gasteiger partial charge in [0.2, 0.25) is 11.8 Å². The molecule has 1 aliphatic heterocycles. The van der Waals surface area contributed by atoms with E-state index < -0.39 is 17.9 Å². The minimum atomic E-state index is -0.944. The smallest absolute Gasteiger partial charge is 0.287 e. The van der Waals surface area contributed by atoms with Crippen molar-refractivity contribution in [2.45, 2.75) is 51.2 Å². The van der Waals surface area contributed by atoms with Crippen molar-refractivity contribution < 1.29 is 23.5 Å². The first-order valence-corrected chi connectivity index (χ1v) is 13.2. The number of nitrogens with one attached hydrogen (secondary N) is 2. The molecule has 4 rings (SSSR count). The van der Waals surface area contributed by atoms with Crippen LogP contribution in [0.5, 0.6) is 0 Å². The summed E-state index contributed by atoms with van der Waals surface area (Å²) >= 11 is 0. The van der Waals surface area contributed by atoms with Gasteiger partial charge in [0.1, 0.15) is 6.04 Å². The SMILES string of the molecule is CC[C@H](C)c1ccc(N(C(=O)CNC(=O)c2ccco2)[C@@H](C(=O)NC[C@H]2CCCO2)c2ccccc2)cc1. The lowest BCUT2D eigenvalue weighted by Gasteiger charge is -2.32. The average molecular weight is 518 g/mol. The monoisotopic (exact) mass is 517 g/mol. The summed E-state index contributed by atoms with van der Waals surface area (Å²) in [6, 6.07) is 19.1. The van der Waals surface area contributed by atoms with Crippen molar-refractivity contribution in [2.75, 3.05) is 24.6 Å². The van der Waals surface area contributed by atoms with Crippen LogP contribution in [0.25, 0.3) is 0 Å². The van der Waals surface area contributed by atoms with E-state index in [9.17, 15) is 14.4 Å². The van der Waals surface area contributed by atoms with Crippen molar-refractivity contribution in [3.05, 3.63) is 89.9 Å². The molecule has 1 fully saturated rings. The van der Waals surface area contributed by atoms with Crippen molar-refractivity contribution in [3.8, 4) is 0 Å². The molecule has 0 aliphatic carbocycles. The number of carbonyl (C=O) groups excluding carboxylic acids is 3. The lowest BCUT2D eigenvalue weighted by molar-refractivity contribution is -0.126. The first kappa shape index (κ1) is 27.1. The Hall–Kier alpha value is -3.91. The third-order valence-electron chi connectivity index (χ3n) is 6.92. The molecule has 2 N–H and O–H groups in total. The molecule has 8 heteroatoms. The van der Waals surface area contributed by atoms with Crippen LogP contribution in [0.2, 0.25) is 0 Å². The minimum absolute atomic E-state index is 0.0399. The number of nitrogens with zero attached hydrogens (tertiary/aromatic N) is 1. The van der Waals surface area contributed by atoms with Gasteiger partial charge in [0, 0.05) is 18.8 Å². The summed E-state index contributed by atoms with van der Waals surface area (Å²) in [5.74, 6) is -0.781. The molecule has 2 aromatic carbocycles. The molecule has 38 heavy (non-hydrogen) atoms. The topological polar surface area (TPSA) is 101 Å². The molecule has 1 aliphatic rings. The maximum atomic E-state index is 13.7. The summed E-state index contributed by atoms with van der Waals surface area (Å²) in [4.78, 5) is 41.4. The number of rotatable bonds is 11. The van der Waals surface area contributed by atoms with Gasteiger partial charge >= 0.3 is 0 Å². The molecule has 0 spiro atoms. The largest absolute Gasteiger partial charge is 0.459 e. The van der Waals surface area contributed by atoms with Crippen LogP contribution in [0.1, 0.15) is 66.8 Å². The molecule has 3 atom stereocenters. The molecule has 8 nitrogen and oxygen atoms in total. The standard InChI is InChI=1S/C30H35N3O5/c1-3-21(2)22-13-15-24(16-14-22)33(27(34)20-32-29(35)26-12-8-18-38-26)28(23-9-5-4-6-10-23)30(36)31-19-25-11-7-17-37-25/h4-6,8-10,12-16,18,21,25,28H,3,7,11,17,19-20H2,1-2H3,(H,31,36)(H,32,35)/t21-,25+,28+/m0/s1. The molecular weight excluding hydrogens is 482 g/mol. The average Bonchev–Trinajstić information content (AvgIpc) is 3.68. The van der Waals surface area contributed by atoms with Crippen LogP contribution in [0.15, 0.2) is 77.4 Å². The zero-order valence-corrected chi connectivity index (χ0v) is 21.9. The van der Waals surface area contributed by atoms with Gasteiger partial charge in [0.25, 0.3) is 5.91 Å². The van der Waals surface area contributed by atoms with Crippen LogP contribution in [0.4, 0.5) is 5.69 Å². The van der Waals surface area contributed by atoms with Crippen LogP contribution in [-0.4, -0.2) is 43.5 Å². The number of hydrogen-bond donors (Lipinski definition) is 2. The molecule has 0 saturated carbocycles. The van der Waals surface area contributed by atoms with Gasteiger partial charge in [0.05, 0.1) is 18.9 Å². The van der Waals surface area contributed by atoms with Crippen molar-refractivity contribution in [1.29, 1.82) is 0 Å². The Kier molecular flexibility index (Phi) is 9.32. The predicted octanol–water partition coefficient (Wildman–Crippen LogP) is 4.59. The second kappa shape index (κ2) is 13.1. The van der Waals surface area contributed by atoms with Gasteiger partial charge in [-0.2, -0.15) is 0 Å². The Morgan fingerprint density at radius 1 is 0.974 bits per heavy atom. The Bertz CT molecular complexity index is 1190. The summed E-state index contributed by atoms with van der Waals surface area (Å²) in [6.45, 7) is 5.01. The first-order chi connectivity index (χ1) is 18.5. The van der Waals surface area contributed by atoms with E-state index in [1.165, 1.54) is 17.2 Å². The number of benzene rings is 2. The highest BCUT2D eigenvalue weighted by molar-refractivity contribution is 6.04. The van der Waals surface area contributed by atoms with E-state index in [0.29, 0.717) is 30.3 Å².